The monoisotopic (exact) mass is 279 g/mol. The van der Waals surface area contributed by atoms with Crippen LogP contribution in [0.1, 0.15) is 25.0 Å². The van der Waals surface area contributed by atoms with E-state index in [2.05, 4.69) is 42.6 Å². The van der Waals surface area contributed by atoms with Crippen LogP contribution in [0, 0.1) is 13.8 Å². The van der Waals surface area contributed by atoms with Gasteiger partial charge in [-0.15, -0.1) is 0 Å². The summed E-state index contributed by atoms with van der Waals surface area (Å²) in [6.45, 7) is 12.3. The Hall–Kier alpha value is -2.42. The highest BCUT2D eigenvalue weighted by Crippen LogP contribution is 2.14. The standard InChI is InChI=1S/C18H21N3/c1-6-16-11-19-8-7-17(16)14(4)15(5)21-18-9-12(2)13(3)10-20-18/h6-11H,5H2,1-4H3,(H,20,21)/b16-6-,17-14+. The van der Waals surface area contributed by atoms with Gasteiger partial charge in [0.15, 0.2) is 0 Å². The lowest BCUT2D eigenvalue weighted by Gasteiger charge is -2.11. The number of nitrogens with zero attached hydrogens (tertiary/aromatic N) is 2. The van der Waals surface area contributed by atoms with Crippen LogP contribution in [0.25, 0.3) is 11.6 Å². The predicted octanol–water partition coefficient (Wildman–Crippen LogP) is 2.69. The third-order valence-electron chi connectivity index (χ3n) is 3.67. The molecule has 1 N–H and O–H groups in total. The van der Waals surface area contributed by atoms with E-state index in [1.165, 1.54) is 11.1 Å². The van der Waals surface area contributed by atoms with Crippen molar-refractivity contribution in [2.24, 2.45) is 0 Å². The molecule has 3 heteroatoms. The number of aromatic nitrogens is 2. The van der Waals surface area contributed by atoms with Gasteiger partial charge in [0.05, 0.1) is 0 Å². The third-order valence-corrected chi connectivity index (χ3v) is 3.67. The van der Waals surface area contributed by atoms with Crippen molar-refractivity contribution in [3.63, 3.8) is 0 Å². The van der Waals surface area contributed by atoms with Gasteiger partial charge < -0.3 is 5.32 Å². The molecule has 0 saturated carbocycles. The zero-order valence-electron chi connectivity index (χ0n) is 13.1. The Morgan fingerprint density at radius 3 is 2.67 bits per heavy atom. The summed E-state index contributed by atoms with van der Waals surface area (Å²) in [7, 11) is 0. The Labute approximate surface area is 125 Å². The molecule has 0 aromatic carbocycles. The van der Waals surface area contributed by atoms with Crippen LogP contribution in [-0.4, -0.2) is 9.97 Å². The molecule has 0 bridgehead atoms. The first-order valence-electron chi connectivity index (χ1n) is 6.99. The van der Waals surface area contributed by atoms with Crippen LogP contribution in [0.3, 0.4) is 0 Å². The van der Waals surface area contributed by atoms with Gasteiger partial charge in [-0.3, -0.25) is 4.98 Å². The minimum Gasteiger partial charge on any atom is -0.340 e. The van der Waals surface area contributed by atoms with E-state index in [0.717, 1.165) is 27.5 Å². The van der Waals surface area contributed by atoms with Crippen molar-refractivity contribution in [2.45, 2.75) is 27.7 Å². The first kappa shape index (κ1) is 15.0. The SMILES string of the molecule is C=C(Nc1cc(C)c(C)cn1)/C(C)=c1\ccnc\c1=C\C. The Morgan fingerprint density at radius 2 is 2.00 bits per heavy atom. The molecule has 0 unspecified atom stereocenters. The van der Waals surface area contributed by atoms with Crippen molar-refractivity contribution in [1.29, 1.82) is 0 Å². The van der Waals surface area contributed by atoms with Gasteiger partial charge in [0, 0.05) is 24.3 Å². The van der Waals surface area contributed by atoms with Crippen molar-refractivity contribution < 1.29 is 0 Å². The van der Waals surface area contributed by atoms with E-state index in [0.29, 0.717) is 0 Å². The van der Waals surface area contributed by atoms with Gasteiger partial charge in [-0.05, 0) is 67.0 Å². The first-order chi connectivity index (χ1) is 10.0. The molecule has 0 amide bonds. The lowest BCUT2D eigenvalue weighted by Crippen LogP contribution is -2.27. The van der Waals surface area contributed by atoms with Crippen LogP contribution < -0.4 is 15.8 Å². The van der Waals surface area contributed by atoms with E-state index in [9.17, 15) is 0 Å². The van der Waals surface area contributed by atoms with Crippen LogP contribution in [0.5, 0.6) is 0 Å². The maximum absolute atomic E-state index is 4.39. The topological polar surface area (TPSA) is 37.8 Å². The van der Waals surface area contributed by atoms with Crippen molar-refractivity contribution in [1.82, 2.24) is 9.97 Å². The van der Waals surface area contributed by atoms with Gasteiger partial charge in [0.2, 0.25) is 0 Å². The summed E-state index contributed by atoms with van der Waals surface area (Å²) in [5, 5.41) is 5.52. The number of allylic oxidation sites excluding steroid dienone is 1. The van der Waals surface area contributed by atoms with Gasteiger partial charge in [0.1, 0.15) is 5.82 Å². The number of hydrogen-bond acceptors (Lipinski definition) is 3. The summed E-state index contributed by atoms with van der Waals surface area (Å²) in [6.07, 6.45) is 7.58. The second-order valence-corrected chi connectivity index (χ2v) is 5.13. The molecule has 0 atom stereocenters. The molecule has 0 aliphatic heterocycles. The lowest BCUT2D eigenvalue weighted by atomic mass is 10.1. The molecule has 2 aromatic heterocycles. The van der Waals surface area contributed by atoms with Crippen molar-refractivity contribution in [2.75, 3.05) is 5.32 Å². The molecule has 2 rings (SSSR count). The molecule has 0 radical (unpaired) electrons. The average molecular weight is 279 g/mol. The maximum atomic E-state index is 4.39. The minimum atomic E-state index is 0.818. The summed E-state index contributed by atoms with van der Waals surface area (Å²) < 4.78 is 0. The first-order valence-corrected chi connectivity index (χ1v) is 6.99. The van der Waals surface area contributed by atoms with Gasteiger partial charge in [-0.2, -0.15) is 0 Å². The van der Waals surface area contributed by atoms with E-state index in [4.69, 9.17) is 0 Å². The zero-order chi connectivity index (χ0) is 15.4. The number of anilines is 1. The number of pyridine rings is 2. The van der Waals surface area contributed by atoms with E-state index in [-0.39, 0.29) is 0 Å². The molecular weight excluding hydrogens is 258 g/mol. The van der Waals surface area contributed by atoms with E-state index in [1.807, 2.05) is 37.5 Å². The largest absolute Gasteiger partial charge is 0.340 e. The summed E-state index contributed by atoms with van der Waals surface area (Å²) in [4.78, 5) is 8.55. The third kappa shape index (κ3) is 3.37. The zero-order valence-corrected chi connectivity index (χ0v) is 13.1. The fourth-order valence-corrected chi connectivity index (χ4v) is 2.08. The van der Waals surface area contributed by atoms with Crippen LogP contribution >= 0.6 is 0 Å². The molecule has 2 heterocycles. The van der Waals surface area contributed by atoms with Crippen LogP contribution in [0.2, 0.25) is 0 Å². The number of hydrogen-bond donors (Lipinski definition) is 1. The van der Waals surface area contributed by atoms with Crippen LogP contribution in [0.15, 0.2) is 43.0 Å². The molecular formula is C18H21N3. The fraction of sp³-hybridized carbons (Fsp3) is 0.222. The quantitative estimate of drug-likeness (QED) is 0.938. The molecule has 0 saturated heterocycles. The molecule has 2 aromatic rings. The summed E-state index contributed by atoms with van der Waals surface area (Å²) >= 11 is 0. The highest BCUT2D eigenvalue weighted by Gasteiger charge is 2.02. The molecule has 3 nitrogen and oxygen atoms in total. The smallest absolute Gasteiger partial charge is 0.130 e. The number of rotatable bonds is 3. The molecule has 108 valence electrons. The molecule has 0 aliphatic carbocycles. The summed E-state index contributed by atoms with van der Waals surface area (Å²) in [5.41, 5.74) is 4.33. The minimum absolute atomic E-state index is 0.818. The predicted molar refractivity (Wildman–Crippen MR) is 89.2 cm³/mol. The van der Waals surface area contributed by atoms with E-state index in [1.54, 1.807) is 6.20 Å². The Kier molecular flexibility index (Phi) is 4.53. The number of aryl methyl sites for hydroxylation is 2. The Balaban J connectivity index is 2.38. The highest BCUT2D eigenvalue weighted by atomic mass is 15.0. The van der Waals surface area contributed by atoms with Crippen LogP contribution in [0.4, 0.5) is 5.82 Å². The second kappa shape index (κ2) is 6.35. The molecule has 0 fully saturated rings. The van der Waals surface area contributed by atoms with E-state index < -0.39 is 0 Å². The molecule has 0 spiro atoms. The van der Waals surface area contributed by atoms with Gasteiger partial charge in [-0.25, -0.2) is 4.98 Å². The second-order valence-electron chi connectivity index (χ2n) is 5.13. The average Bonchev–Trinajstić information content (AvgIpc) is 2.50. The number of nitrogens with one attached hydrogen (secondary N) is 1. The Bertz CT molecular complexity index is 788. The molecule has 21 heavy (non-hydrogen) atoms. The van der Waals surface area contributed by atoms with Crippen molar-refractivity contribution >= 4 is 17.5 Å². The van der Waals surface area contributed by atoms with Gasteiger partial charge in [-0.1, -0.05) is 12.7 Å². The van der Waals surface area contributed by atoms with Crippen molar-refractivity contribution in [3.05, 3.63) is 64.6 Å². The highest BCUT2D eigenvalue weighted by molar-refractivity contribution is 5.67. The lowest BCUT2D eigenvalue weighted by molar-refractivity contribution is 1.20. The van der Waals surface area contributed by atoms with Gasteiger partial charge >= 0.3 is 0 Å². The summed E-state index contributed by atoms with van der Waals surface area (Å²) in [6, 6.07) is 4.04. The van der Waals surface area contributed by atoms with Gasteiger partial charge in [0.25, 0.3) is 0 Å². The van der Waals surface area contributed by atoms with Crippen LogP contribution in [-0.2, 0) is 0 Å². The maximum Gasteiger partial charge on any atom is 0.130 e. The fourth-order valence-electron chi connectivity index (χ4n) is 2.08. The normalized spacial score (nSPS) is 13.0. The van der Waals surface area contributed by atoms with Crippen molar-refractivity contribution in [3.8, 4) is 0 Å². The summed E-state index contributed by atoms with van der Waals surface area (Å²) in [5.74, 6) is 0.818. The Morgan fingerprint density at radius 1 is 1.24 bits per heavy atom. The van der Waals surface area contributed by atoms with E-state index >= 15 is 0 Å². The molecule has 0 aliphatic rings.